The number of aromatic nitrogens is 1. The molecule has 1 N–H and O–H groups in total. The lowest BCUT2D eigenvalue weighted by Gasteiger charge is -2.14. The molecule has 2 rings (SSSR count). The van der Waals surface area contributed by atoms with Crippen LogP contribution in [0.4, 0.5) is 5.69 Å². The topological polar surface area (TPSA) is 99.9 Å². The zero-order valence-electron chi connectivity index (χ0n) is 13.1. The largest absolute Gasteiger partial charge is 0.493 e. The first-order chi connectivity index (χ1) is 11.0. The second-order valence-electron chi connectivity index (χ2n) is 4.52. The Hall–Kier alpha value is -3.03. The molecule has 122 valence electrons. The van der Waals surface area contributed by atoms with Crippen LogP contribution in [0.3, 0.4) is 0 Å². The van der Waals surface area contributed by atoms with E-state index in [-0.39, 0.29) is 16.9 Å². The average molecular weight is 320 g/mol. The van der Waals surface area contributed by atoms with Gasteiger partial charge in [-0.05, 0) is 6.92 Å². The maximum atomic E-state index is 12.2. The molecule has 0 aliphatic carbocycles. The number of nitrogens with one attached hydrogen (secondary N) is 1. The highest BCUT2D eigenvalue weighted by Crippen LogP contribution is 2.34. The third-order valence-corrected chi connectivity index (χ3v) is 3.04. The smallest absolute Gasteiger partial charge is 0.340 e. The standard InChI is InChI=1S/C15H16N2O6/c1-8-5-11(17-23-8)14(18)16-10-7-13(21-3)12(20-2)6-9(10)15(19)22-4/h5-7H,1-4H3,(H,16,18). The molecule has 0 aliphatic rings. The minimum Gasteiger partial charge on any atom is -0.493 e. The number of esters is 1. The van der Waals surface area contributed by atoms with Gasteiger partial charge in [0.15, 0.2) is 17.2 Å². The number of aryl methyl sites for hydroxylation is 1. The van der Waals surface area contributed by atoms with E-state index in [1.807, 2.05) is 0 Å². The summed E-state index contributed by atoms with van der Waals surface area (Å²) < 4.78 is 19.9. The predicted octanol–water partition coefficient (Wildman–Crippen LogP) is 2.04. The molecule has 0 radical (unpaired) electrons. The highest BCUT2D eigenvalue weighted by molar-refractivity contribution is 6.07. The SMILES string of the molecule is COC(=O)c1cc(OC)c(OC)cc1NC(=O)c1cc(C)on1. The Morgan fingerprint density at radius 3 is 2.26 bits per heavy atom. The van der Waals surface area contributed by atoms with E-state index in [0.29, 0.717) is 17.3 Å². The number of nitrogens with zero attached hydrogens (tertiary/aromatic N) is 1. The highest BCUT2D eigenvalue weighted by atomic mass is 16.5. The third kappa shape index (κ3) is 3.42. The van der Waals surface area contributed by atoms with E-state index in [1.54, 1.807) is 6.92 Å². The molecule has 0 fully saturated rings. The molecular weight excluding hydrogens is 304 g/mol. The van der Waals surface area contributed by atoms with Crippen LogP contribution in [0.1, 0.15) is 26.6 Å². The van der Waals surface area contributed by atoms with Gasteiger partial charge >= 0.3 is 5.97 Å². The molecule has 8 nitrogen and oxygen atoms in total. The van der Waals surface area contributed by atoms with Crippen LogP contribution in [0.15, 0.2) is 22.7 Å². The van der Waals surface area contributed by atoms with Crippen molar-refractivity contribution >= 4 is 17.6 Å². The number of anilines is 1. The van der Waals surface area contributed by atoms with E-state index in [0.717, 1.165) is 0 Å². The van der Waals surface area contributed by atoms with Gasteiger partial charge in [0, 0.05) is 18.2 Å². The number of ether oxygens (including phenoxy) is 3. The summed E-state index contributed by atoms with van der Waals surface area (Å²) in [5, 5.41) is 6.21. The van der Waals surface area contributed by atoms with E-state index in [1.165, 1.54) is 39.5 Å². The van der Waals surface area contributed by atoms with Crippen molar-refractivity contribution in [3.8, 4) is 11.5 Å². The van der Waals surface area contributed by atoms with Gasteiger partial charge in [-0.3, -0.25) is 4.79 Å². The van der Waals surface area contributed by atoms with E-state index in [2.05, 4.69) is 10.5 Å². The number of rotatable bonds is 5. The maximum Gasteiger partial charge on any atom is 0.340 e. The van der Waals surface area contributed by atoms with Crippen molar-refractivity contribution in [3.05, 3.63) is 35.2 Å². The molecule has 0 aliphatic heterocycles. The van der Waals surface area contributed by atoms with Crippen molar-refractivity contribution < 1.29 is 28.3 Å². The lowest BCUT2D eigenvalue weighted by Crippen LogP contribution is -2.16. The molecule has 0 unspecified atom stereocenters. The summed E-state index contributed by atoms with van der Waals surface area (Å²) in [6.45, 7) is 1.67. The van der Waals surface area contributed by atoms with Gasteiger partial charge in [0.25, 0.3) is 5.91 Å². The second kappa shape index (κ2) is 6.82. The normalized spacial score (nSPS) is 10.1. The molecule has 2 aromatic rings. The Kier molecular flexibility index (Phi) is 4.85. The van der Waals surface area contributed by atoms with Crippen LogP contribution < -0.4 is 14.8 Å². The first-order valence-corrected chi connectivity index (χ1v) is 6.59. The predicted molar refractivity (Wildman–Crippen MR) is 80.1 cm³/mol. The number of methoxy groups -OCH3 is 3. The fourth-order valence-corrected chi connectivity index (χ4v) is 1.92. The molecule has 0 saturated heterocycles. The summed E-state index contributed by atoms with van der Waals surface area (Å²) in [6, 6.07) is 4.37. The molecule has 0 bridgehead atoms. The van der Waals surface area contributed by atoms with E-state index >= 15 is 0 Å². The Labute approximate surface area is 132 Å². The van der Waals surface area contributed by atoms with E-state index in [9.17, 15) is 9.59 Å². The minimum atomic E-state index is -0.627. The molecule has 0 saturated carbocycles. The van der Waals surface area contributed by atoms with Crippen molar-refractivity contribution in [2.75, 3.05) is 26.6 Å². The molecule has 0 atom stereocenters. The molecule has 1 amide bonds. The van der Waals surface area contributed by atoms with Gasteiger partial charge in [-0.2, -0.15) is 0 Å². The van der Waals surface area contributed by atoms with Crippen LogP contribution >= 0.6 is 0 Å². The molecule has 0 spiro atoms. The van der Waals surface area contributed by atoms with Gasteiger partial charge in [-0.1, -0.05) is 5.16 Å². The van der Waals surface area contributed by atoms with Crippen molar-refractivity contribution in [2.45, 2.75) is 6.92 Å². The fraction of sp³-hybridized carbons (Fsp3) is 0.267. The fourth-order valence-electron chi connectivity index (χ4n) is 1.92. The number of carbonyl (C=O) groups is 2. The van der Waals surface area contributed by atoms with Crippen molar-refractivity contribution in [1.82, 2.24) is 5.16 Å². The first-order valence-electron chi connectivity index (χ1n) is 6.59. The summed E-state index contributed by atoms with van der Waals surface area (Å²) in [5.41, 5.74) is 0.423. The lowest BCUT2D eigenvalue weighted by molar-refractivity contribution is 0.0601. The molecule has 8 heteroatoms. The number of carbonyl (C=O) groups excluding carboxylic acids is 2. The van der Waals surface area contributed by atoms with Crippen molar-refractivity contribution in [3.63, 3.8) is 0 Å². The highest BCUT2D eigenvalue weighted by Gasteiger charge is 2.20. The zero-order valence-corrected chi connectivity index (χ0v) is 13.1. The average Bonchev–Trinajstić information content (AvgIpc) is 3.00. The van der Waals surface area contributed by atoms with Crippen LogP contribution in [-0.2, 0) is 4.74 Å². The monoisotopic (exact) mass is 320 g/mol. The van der Waals surface area contributed by atoms with Crippen LogP contribution in [0.2, 0.25) is 0 Å². The van der Waals surface area contributed by atoms with Gasteiger partial charge < -0.3 is 24.1 Å². The van der Waals surface area contributed by atoms with Crippen LogP contribution in [0, 0.1) is 6.92 Å². The van der Waals surface area contributed by atoms with Gasteiger partial charge in [0.1, 0.15) is 5.76 Å². The summed E-state index contributed by atoms with van der Waals surface area (Å²) >= 11 is 0. The lowest BCUT2D eigenvalue weighted by atomic mass is 10.1. The van der Waals surface area contributed by atoms with Crippen molar-refractivity contribution in [1.29, 1.82) is 0 Å². The summed E-state index contributed by atoms with van der Waals surface area (Å²) in [5.74, 6) is 0.0300. The molecule has 1 aromatic carbocycles. The maximum absolute atomic E-state index is 12.2. The molecular formula is C15H16N2O6. The molecule has 1 heterocycles. The first kappa shape index (κ1) is 16.3. The summed E-state index contributed by atoms with van der Waals surface area (Å²) in [4.78, 5) is 24.1. The van der Waals surface area contributed by atoms with Crippen LogP contribution in [0.5, 0.6) is 11.5 Å². The third-order valence-electron chi connectivity index (χ3n) is 3.04. The van der Waals surface area contributed by atoms with Gasteiger partial charge in [0.2, 0.25) is 0 Å². The van der Waals surface area contributed by atoms with Crippen LogP contribution in [-0.4, -0.2) is 38.4 Å². The summed E-state index contributed by atoms with van der Waals surface area (Å²) in [6.07, 6.45) is 0. The van der Waals surface area contributed by atoms with Gasteiger partial charge in [-0.15, -0.1) is 0 Å². The van der Waals surface area contributed by atoms with E-state index in [4.69, 9.17) is 18.7 Å². The number of amides is 1. The Morgan fingerprint density at radius 1 is 1.09 bits per heavy atom. The van der Waals surface area contributed by atoms with Gasteiger partial charge in [0.05, 0.1) is 32.6 Å². The van der Waals surface area contributed by atoms with E-state index < -0.39 is 11.9 Å². The number of benzene rings is 1. The number of hydrogen-bond acceptors (Lipinski definition) is 7. The quantitative estimate of drug-likeness (QED) is 0.841. The Bertz CT molecular complexity index is 738. The van der Waals surface area contributed by atoms with Gasteiger partial charge in [-0.25, -0.2) is 4.79 Å². The second-order valence-corrected chi connectivity index (χ2v) is 4.52. The summed E-state index contributed by atoms with van der Waals surface area (Å²) in [7, 11) is 4.13. The van der Waals surface area contributed by atoms with Crippen LogP contribution in [0.25, 0.3) is 0 Å². The number of hydrogen-bond donors (Lipinski definition) is 1. The van der Waals surface area contributed by atoms with Crippen molar-refractivity contribution in [2.24, 2.45) is 0 Å². The zero-order chi connectivity index (χ0) is 17.0. The molecule has 23 heavy (non-hydrogen) atoms. The minimum absolute atomic E-state index is 0.0908. The molecule has 1 aromatic heterocycles. The Morgan fingerprint density at radius 2 is 1.74 bits per heavy atom. The Balaban J connectivity index is 2.42.